The van der Waals surface area contributed by atoms with Crippen molar-refractivity contribution in [1.29, 1.82) is 0 Å². The van der Waals surface area contributed by atoms with Crippen LogP contribution in [0.2, 0.25) is 0 Å². The molecule has 1 aliphatic rings. The fraction of sp³-hybridized carbons (Fsp3) is 0.316. The van der Waals surface area contributed by atoms with Gasteiger partial charge in [-0.05, 0) is 41.3 Å². The summed E-state index contributed by atoms with van der Waals surface area (Å²) in [6.07, 6.45) is 0. The van der Waals surface area contributed by atoms with Crippen LogP contribution in [-0.4, -0.2) is 20.9 Å². The van der Waals surface area contributed by atoms with Crippen molar-refractivity contribution in [3.05, 3.63) is 64.2 Å². The van der Waals surface area contributed by atoms with Gasteiger partial charge in [-0.2, -0.15) is 0 Å². The Hall–Kier alpha value is -2.22. The molecule has 0 spiro atoms. The molecule has 7 heteroatoms. The van der Waals surface area contributed by atoms with Crippen LogP contribution >= 0.6 is 0 Å². The Morgan fingerprint density at radius 2 is 1.88 bits per heavy atom. The molecule has 0 aromatic heterocycles. The first kappa shape index (κ1) is 18.6. The molecule has 0 radical (unpaired) electrons. The second-order valence-electron chi connectivity index (χ2n) is 6.37. The third-order valence-electron chi connectivity index (χ3n) is 4.45. The normalized spacial score (nSPS) is 13.5. The molecule has 0 bridgehead atoms. The highest BCUT2D eigenvalue weighted by Crippen LogP contribution is 2.18. The average molecular weight is 373 g/mol. The minimum Gasteiger partial charge on any atom is -0.348 e. The number of aryl methyl sites for hydroxylation is 1. The summed E-state index contributed by atoms with van der Waals surface area (Å²) in [4.78, 5) is 12.7. The van der Waals surface area contributed by atoms with E-state index in [2.05, 4.69) is 27.5 Å². The number of amides is 1. The third kappa shape index (κ3) is 3.95. The van der Waals surface area contributed by atoms with E-state index in [1.165, 1.54) is 23.3 Å². The summed E-state index contributed by atoms with van der Waals surface area (Å²) in [7, 11) is -3.59. The zero-order valence-corrected chi connectivity index (χ0v) is 15.7. The van der Waals surface area contributed by atoms with Gasteiger partial charge in [0.25, 0.3) is 5.91 Å². The van der Waals surface area contributed by atoms with Gasteiger partial charge in [0.1, 0.15) is 0 Å². The van der Waals surface area contributed by atoms with E-state index in [9.17, 15) is 13.2 Å². The summed E-state index contributed by atoms with van der Waals surface area (Å²) in [5.41, 5.74) is 4.67. The molecular formula is C19H23N3O3S. The quantitative estimate of drug-likeness (QED) is 0.721. The molecule has 6 nitrogen and oxygen atoms in total. The van der Waals surface area contributed by atoms with Gasteiger partial charge in [0.2, 0.25) is 10.0 Å². The predicted molar refractivity (Wildman–Crippen MR) is 100 cm³/mol. The molecule has 0 unspecified atom stereocenters. The number of sulfonamides is 1. The Morgan fingerprint density at radius 3 is 2.65 bits per heavy atom. The monoisotopic (exact) mass is 373 g/mol. The average Bonchev–Trinajstić information content (AvgIpc) is 3.07. The van der Waals surface area contributed by atoms with Crippen molar-refractivity contribution in [2.75, 3.05) is 6.54 Å². The molecule has 2 aromatic rings. The maximum Gasteiger partial charge on any atom is 0.251 e. The van der Waals surface area contributed by atoms with Crippen molar-refractivity contribution in [3.8, 4) is 0 Å². The lowest BCUT2D eigenvalue weighted by Gasteiger charge is -2.11. The van der Waals surface area contributed by atoms with Crippen LogP contribution in [0.1, 0.15) is 39.5 Å². The van der Waals surface area contributed by atoms with Crippen LogP contribution in [0, 0.1) is 6.92 Å². The minimum absolute atomic E-state index is 0.0960. The zero-order valence-electron chi connectivity index (χ0n) is 14.9. The second kappa shape index (κ2) is 7.57. The van der Waals surface area contributed by atoms with E-state index < -0.39 is 10.0 Å². The van der Waals surface area contributed by atoms with Gasteiger partial charge in [-0.15, -0.1) is 0 Å². The highest BCUT2D eigenvalue weighted by Gasteiger charge is 2.17. The van der Waals surface area contributed by atoms with Crippen LogP contribution in [0.4, 0.5) is 0 Å². The number of hydrogen-bond acceptors (Lipinski definition) is 4. The van der Waals surface area contributed by atoms with Crippen LogP contribution in [0.3, 0.4) is 0 Å². The van der Waals surface area contributed by atoms with E-state index >= 15 is 0 Å². The van der Waals surface area contributed by atoms with Crippen molar-refractivity contribution in [2.24, 2.45) is 0 Å². The lowest BCUT2D eigenvalue weighted by Crippen LogP contribution is -2.26. The van der Waals surface area contributed by atoms with E-state index in [4.69, 9.17) is 0 Å². The van der Waals surface area contributed by atoms with Crippen molar-refractivity contribution in [1.82, 2.24) is 15.4 Å². The molecule has 0 saturated carbocycles. The Labute approximate surface area is 154 Å². The van der Waals surface area contributed by atoms with Gasteiger partial charge in [0.15, 0.2) is 0 Å². The number of carbonyl (C=O) groups excluding carboxylic acids is 1. The molecule has 1 heterocycles. The lowest BCUT2D eigenvalue weighted by molar-refractivity contribution is 0.0950. The Kier molecular flexibility index (Phi) is 5.41. The van der Waals surface area contributed by atoms with Crippen LogP contribution in [-0.2, 0) is 29.7 Å². The van der Waals surface area contributed by atoms with E-state index in [0.717, 1.165) is 24.2 Å². The SMILES string of the molecule is CCNS(=O)(=O)c1ccc(C)c(C(=O)NCc2ccc3c(c2)CNC3)c1. The summed E-state index contributed by atoms with van der Waals surface area (Å²) in [5.74, 6) is -0.283. The van der Waals surface area contributed by atoms with Crippen LogP contribution in [0.25, 0.3) is 0 Å². The first-order valence-electron chi connectivity index (χ1n) is 8.60. The predicted octanol–water partition coefficient (Wildman–Crippen LogP) is 1.83. The molecule has 138 valence electrons. The maximum atomic E-state index is 12.6. The number of carbonyl (C=O) groups is 1. The van der Waals surface area contributed by atoms with Crippen molar-refractivity contribution in [2.45, 2.75) is 38.4 Å². The van der Waals surface area contributed by atoms with Crippen molar-refractivity contribution >= 4 is 15.9 Å². The molecule has 0 fully saturated rings. The molecule has 0 aliphatic carbocycles. The Morgan fingerprint density at radius 1 is 1.12 bits per heavy atom. The maximum absolute atomic E-state index is 12.6. The fourth-order valence-electron chi connectivity index (χ4n) is 3.02. The van der Waals surface area contributed by atoms with E-state index in [0.29, 0.717) is 18.7 Å². The van der Waals surface area contributed by atoms with Crippen LogP contribution < -0.4 is 15.4 Å². The Bertz CT molecular complexity index is 939. The summed E-state index contributed by atoms with van der Waals surface area (Å²) in [6.45, 7) is 5.93. The van der Waals surface area contributed by atoms with Crippen LogP contribution in [0.15, 0.2) is 41.3 Å². The molecule has 0 saturated heterocycles. The van der Waals surface area contributed by atoms with Crippen molar-refractivity contribution in [3.63, 3.8) is 0 Å². The number of hydrogen-bond donors (Lipinski definition) is 3. The number of nitrogens with one attached hydrogen (secondary N) is 3. The molecule has 0 atom stereocenters. The third-order valence-corrected chi connectivity index (χ3v) is 6.00. The topological polar surface area (TPSA) is 87.3 Å². The highest BCUT2D eigenvalue weighted by molar-refractivity contribution is 7.89. The van der Waals surface area contributed by atoms with Gasteiger partial charge in [-0.25, -0.2) is 13.1 Å². The van der Waals surface area contributed by atoms with E-state index in [-0.39, 0.29) is 10.8 Å². The molecule has 3 N–H and O–H groups in total. The summed E-state index contributed by atoms with van der Waals surface area (Å²) >= 11 is 0. The molecule has 2 aromatic carbocycles. The van der Waals surface area contributed by atoms with Gasteiger partial charge in [0, 0.05) is 31.7 Å². The second-order valence-corrected chi connectivity index (χ2v) is 8.13. The summed E-state index contributed by atoms with van der Waals surface area (Å²) in [6, 6.07) is 10.8. The fourth-order valence-corrected chi connectivity index (χ4v) is 4.09. The highest BCUT2D eigenvalue weighted by atomic mass is 32.2. The number of fused-ring (bicyclic) bond motifs is 1. The van der Waals surface area contributed by atoms with Gasteiger partial charge in [-0.1, -0.05) is 31.2 Å². The molecule has 3 rings (SSSR count). The molecule has 1 aliphatic heterocycles. The van der Waals surface area contributed by atoms with E-state index in [1.54, 1.807) is 19.9 Å². The number of benzene rings is 2. The van der Waals surface area contributed by atoms with Crippen molar-refractivity contribution < 1.29 is 13.2 Å². The molecule has 26 heavy (non-hydrogen) atoms. The minimum atomic E-state index is -3.59. The lowest BCUT2D eigenvalue weighted by atomic mass is 10.1. The van der Waals surface area contributed by atoms with Crippen LogP contribution in [0.5, 0.6) is 0 Å². The van der Waals surface area contributed by atoms with Gasteiger partial charge in [0.05, 0.1) is 4.90 Å². The van der Waals surface area contributed by atoms with Gasteiger partial charge < -0.3 is 10.6 Å². The van der Waals surface area contributed by atoms with E-state index in [1.807, 2.05) is 6.07 Å². The summed E-state index contributed by atoms with van der Waals surface area (Å²) in [5, 5.41) is 6.18. The largest absolute Gasteiger partial charge is 0.348 e. The van der Waals surface area contributed by atoms with Gasteiger partial charge in [-0.3, -0.25) is 4.79 Å². The Balaban J connectivity index is 1.75. The number of rotatable bonds is 6. The smallest absolute Gasteiger partial charge is 0.251 e. The molecule has 1 amide bonds. The first-order chi connectivity index (χ1) is 12.4. The molecular weight excluding hydrogens is 350 g/mol. The zero-order chi connectivity index (χ0) is 18.7. The first-order valence-corrected chi connectivity index (χ1v) is 10.1. The standard InChI is InChI=1S/C19H23N3O3S/c1-3-22-26(24,25)17-7-4-13(2)18(9-17)19(23)21-10-14-5-6-15-11-20-12-16(15)8-14/h4-9,20,22H,3,10-12H2,1-2H3,(H,21,23). The van der Waals surface area contributed by atoms with Gasteiger partial charge >= 0.3 is 0 Å². The summed E-state index contributed by atoms with van der Waals surface area (Å²) < 4.78 is 26.8.